The van der Waals surface area contributed by atoms with E-state index in [9.17, 15) is 9.59 Å². The lowest BCUT2D eigenvalue weighted by Crippen LogP contribution is -2.60. The predicted molar refractivity (Wildman–Crippen MR) is 114 cm³/mol. The summed E-state index contributed by atoms with van der Waals surface area (Å²) < 4.78 is 23.4. The zero-order valence-electron chi connectivity index (χ0n) is 18.5. The maximum atomic E-state index is 11.8. The van der Waals surface area contributed by atoms with E-state index in [-0.39, 0.29) is 11.6 Å². The van der Waals surface area contributed by atoms with Gasteiger partial charge in [-0.05, 0) is 29.4 Å². The first kappa shape index (κ1) is 25.8. The van der Waals surface area contributed by atoms with Crippen molar-refractivity contribution in [1.29, 1.82) is 0 Å². The summed E-state index contributed by atoms with van der Waals surface area (Å²) in [4.78, 5) is 26.4. The number of hydrogen-bond acceptors (Lipinski definition) is 8. The van der Waals surface area contributed by atoms with Gasteiger partial charge in [-0.1, -0.05) is 32.8 Å². The average Bonchev–Trinajstić information content (AvgIpc) is 2.57. The Bertz CT molecular complexity index is 636. The first-order valence-electron chi connectivity index (χ1n) is 9.63. The largest absolute Gasteiger partial charge is 0.458 e. The second-order valence-corrected chi connectivity index (χ2v) is 14.6. The maximum absolute atomic E-state index is 11.8. The predicted octanol–water partition coefficient (Wildman–Crippen LogP) is 4.03. The zero-order chi connectivity index (χ0) is 22.4. The molecule has 166 valence electrons. The lowest BCUT2D eigenvalue weighted by molar-refractivity contribution is -0.205. The second-order valence-electron chi connectivity index (χ2n) is 8.41. The Hall–Kier alpha value is -1.26. The van der Waals surface area contributed by atoms with Crippen molar-refractivity contribution in [3.05, 3.63) is 10.4 Å². The minimum absolute atomic E-state index is 0.0148. The molecule has 29 heavy (non-hydrogen) atoms. The van der Waals surface area contributed by atoms with Gasteiger partial charge in [-0.2, -0.15) is 0 Å². The lowest BCUT2D eigenvalue weighted by atomic mass is 9.98. The molecule has 0 aromatic heterocycles. The molecule has 0 N–H and O–H groups in total. The van der Waals surface area contributed by atoms with Crippen LogP contribution in [0.5, 0.6) is 0 Å². The minimum atomic E-state index is -2.10. The van der Waals surface area contributed by atoms with E-state index in [0.29, 0.717) is 5.75 Å². The van der Waals surface area contributed by atoms with Crippen molar-refractivity contribution in [3.8, 4) is 0 Å². The molecule has 0 radical (unpaired) electrons. The van der Waals surface area contributed by atoms with Crippen molar-refractivity contribution < 1.29 is 28.2 Å². The van der Waals surface area contributed by atoms with Gasteiger partial charge >= 0.3 is 11.9 Å². The van der Waals surface area contributed by atoms with E-state index in [4.69, 9.17) is 24.2 Å². The van der Waals surface area contributed by atoms with Gasteiger partial charge in [-0.25, -0.2) is 0 Å². The number of nitrogens with zero attached hydrogens (tertiary/aromatic N) is 3. The Kier molecular flexibility index (Phi) is 9.48. The fourth-order valence-electron chi connectivity index (χ4n) is 2.68. The zero-order valence-corrected chi connectivity index (χ0v) is 20.3. The fourth-order valence-corrected chi connectivity index (χ4v) is 4.65. The fraction of sp³-hybridized carbons (Fsp3) is 0.889. The van der Waals surface area contributed by atoms with Crippen LogP contribution in [0.3, 0.4) is 0 Å². The first-order valence-corrected chi connectivity index (χ1v) is 13.6. The summed E-state index contributed by atoms with van der Waals surface area (Å²) in [6.07, 6.45) is -2.56. The van der Waals surface area contributed by atoms with Crippen LogP contribution in [0, 0.1) is 0 Å². The number of ether oxygens (including phenoxy) is 3. The van der Waals surface area contributed by atoms with Crippen LogP contribution >= 0.6 is 11.8 Å². The van der Waals surface area contributed by atoms with Crippen LogP contribution < -0.4 is 0 Å². The van der Waals surface area contributed by atoms with Crippen molar-refractivity contribution in [3.63, 3.8) is 0 Å². The number of carbonyl (C=O) groups is 2. The molecule has 0 aliphatic carbocycles. The molecule has 1 fully saturated rings. The van der Waals surface area contributed by atoms with Crippen LogP contribution in [-0.2, 0) is 28.2 Å². The van der Waals surface area contributed by atoms with Gasteiger partial charge in [-0.3, -0.25) is 9.59 Å². The lowest BCUT2D eigenvalue weighted by Gasteiger charge is -2.45. The Balaban J connectivity index is 3.26. The molecule has 1 rings (SSSR count). The van der Waals surface area contributed by atoms with Crippen molar-refractivity contribution in [2.24, 2.45) is 5.11 Å². The monoisotopic (exact) mass is 447 g/mol. The number of azide groups is 1. The molecule has 0 saturated carbocycles. The van der Waals surface area contributed by atoms with E-state index in [1.165, 1.54) is 25.6 Å². The molecule has 5 atom stereocenters. The summed E-state index contributed by atoms with van der Waals surface area (Å²) in [5.74, 6) is -0.408. The topological polar surface area (TPSA) is 120 Å². The van der Waals surface area contributed by atoms with Gasteiger partial charge in [0.05, 0.1) is 6.61 Å². The third kappa shape index (κ3) is 7.18. The average molecular weight is 448 g/mol. The molecule has 0 amide bonds. The molecule has 0 aromatic carbocycles. The third-order valence-corrected chi connectivity index (χ3v) is 10.7. The molecule has 3 unspecified atom stereocenters. The Morgan fingerprint density at radius 2 is 1.72 bits per heavy atom. The highest BCUT2D eigenvalue weighted by Gasteiger charge is 2.50. The minimum Gasteiger partial charge on any atom is -0.458 e. The summed E-state index contributed by atoms with van der Waals surface area (Å²) in [6.45, 7) is 15.3. The van der Waals surface area contributed by atoms with E-state index in [2.05, 4.69) is 43.9 Å². The van der Waals surface area contributed by atoms with Crippen molar-refractivity contribution >= 4 is 32.0 Å². The van der Waals surface area contributed by atoms with E-state index >= 15 is 0 Å². The number of esters is 2. The number of carbonyl (C=O) groups excluding carboxylic acids is 2. The third-order valence-electron chi connectivity index (χ3n) is 5.15. The molecule has 11 heteroatoms. The van der Waals surface area contributed by atoms with E-state index in [1.54, 1.807) is 0 Å². The maximum Gasteiger partial charge on any atom is 0.303 e. The molecule has 0 bridgehead atoms. The molecule has 1 saturated heterocycles. The summed E-state index contributed by atoms with van der Waals surface area (Å²) in [5.41, 5.74) is 8.46. The molecule has 0 aromatic rings. The molecule has 1 aliphatic rings. The molecule has 9 nitrogen and oxygen atoms in total. The second kappa shape index (κ2) is 10.7. The number of thioether (sulfide) groups is 1. The van der Waals surface area contributed by atoms with Gasteiger partial charge in [-0.15, -0.1) is 11.8 Å². The van der Waals surface area contributed by atoms with Crippen molar-refractivity contribution in [2.75, 3.05) is 12.4 Å². The van der Waals surface area contributed by atoms with Crippen LogP contribution in [0.4, 0.5) is 0 Å². The standard InChI is InChI=1S/C18H33N3O6SSi/c1-9-28-17-14(20-21-19)16(26-12(3)23)15(25-11(2)22)13(27-17)10-24-29(7,8)18(4,5)6/h13-17H,9-10H2,1-8H3/t13?,14?,15-,16?,17-/m1/s1. The van der Waals surface area contributed by atoms with Gasteiger partial charge in [0.2, 0.25) is 0 Å². The highest BCUT2D eigenvalue weighted by molar-refractivity contribution is 7.99. The summed E-state index contributed by atoms with van der Waals surface area (Å²) in [7, 11) is -2.10. The Morgan fingerprint density at radius 1 is 1.17 bits per heavy atom. The van der Waals surface area contributed by atoms with E-state index < -0.39 is 50.0 Å². The van der Waals surface area contributed by atoms with Crippen molar-refractivity contribution in [2.45, 2.75) is 89.5 Å². The normalized spacial score (nSPS) is 27.7. The molecule has 1 heterocycles. The number of hydrogen-bond donors (Lipinski definition) is 0. The van der Waals surface area contributed by atoms with Gasteiger partial charge in [0.25, 0.3) is 0 Å². The molecular weight excluding hydrogens is 414 g/mol. The summed E-state index contributed by atoms with van der Waals surface area (Å²) >= 11 is 1.43. The smallest absolute Gasteiger partial charge is 0.303 e. The molecular formula is C18H33N3O6SSi. The van der Waals surface area contributed by atoms with Crippen LogP contribution in [0.1, 0.15) is 41.5 Å². The first-order chi connectivity index (χ1) is 13.3. The van der Waals surface area contributed by atoms with Crippen molar-refractivity contribution in [1.82, 2.24) is 0 Å². The quantitative estimate of drug-likeness (QED) is 0.181. The van der Waals surface area contributed by atoms with Crippen LogP contribution in [0.15, 0.2) is 5.11 Å². The summed E-state index contributed by atoms with van der Waals surface area (Å²) in [6, 6.07) is -0.831. The SMILES string of the molecule is CCS[C@H]1OC(CO[Si](C)(C)C(C)(C)C)[C@@H](OC(C)=O)C(OC(C)=O)C1N=[N+]=[N-]. The van der Waals surface area contributed by atoms with Gasteiger partial charge in [0.15, 0.2) is 20.5 Å². The highest BCUT2D eigenvalue weighted by atomic mass is 32.2. The highest BCUT2D eigenvalue weighted by Crippen LogP contribution is 2.38. The van der Waals surface area contributed by atoms with Crippen LogP contribution in [-0.4, -0.2) is 62.4 Å². The molecule has 0 spiro atoms. The Labute approximate surface area is 177 Å². The Morgan fingerprint density at radius 3 is 2.17 bits per heavy atom. The van der Waals surface area contributed by atoms with Crippen LogP contribution in [0.25, 0.3) is 10.4 Å². The van der Waals surface area contributed by atoms with Crippen LogP contribution in [0.2, 0.25) is 18.1 Å². The van der Waals surface area contributed by atoms with E-state index in [0.717, 1.165) is 0 Å². The number of rotatable bonds is 8. The van der Waals surface area contributed by atoms with Gasteiger partial charge in [0, 0.05) is 18.8 Å². The molecule has 1 aliphatic heterocycles. The van der Waals surface area contributed by atoms with Gasteiger partial charge in [0.1, 0.15) is 17.6 Å². The summed E-state index contributed by atoms with van der Waals surface area (Å²) in [5, 5.41) is 3.78. The van der Waals surface area contributed by atoms with E-state index in [1.807, 2.05) is 6.92 Å². The van der Waals surface area contributed by atoms with Gasteiger partial charge < -0.3 is 18.6 Å².